The molecule has 0 saturated heterocycles. The highest BCUT2D eigenvalue weighted by Crippen LogP contribution is 2.38. The van der Waals surface area contributed by atoms with E-state index >= 15 is 0 Å². The maximum atomic E-state index is 12.2. The lowest BCUT2D eigenvalue weighted by atomic mass is 9.74. The molecule has 2 atom stereocenters. The molecule has 1 aliphatic heterocycles. The fourth-order valence-electron chi connectivity index (χ4n) is 4.58. The van der Waals surface area contributed by atoms with Crippen molar-refractivity contribution in [2.45, 2.75) is 38.7 Å². The number of nitrogens with zero attached hydrogens (tertiary/aromatic N) is 1. The summed E-state index contributed by atoms with van der Waals surface area (Å²) >= 11 is 6.23. The van der Waals surface area contributed by atoms with Crippen LogP contribution in [0.4, 0.5) is 5.69 Å². The van der Waals surface area contributed by atoms with Gasteiger partial charge in [-0.2, -0.15) is 0 Å². The Labute approximate surface area is 188 Å². The maximum absolute atomic E-state index is 12.2. The van der Waals surface area contributed by atoms with Gasteiger partial charge < -0.3 is 19.5 Å². The minimum atomic E-state index is -0.353. The lowest BCUT2D eigenvalue weighted by molar-refractivity contribution is 0.0600. The number of methoxy groups -OCH3 is 1. The number of hydrogen-bond donors (Lipinski definition) is 1. The van der Waals surface area contributed by atoms with Crippen LogP contribution >= 0.6 is 11.6 Å². The average molecular weight is 444 g/mol. The number of anilines is 1. The van der Waals surface area contributed by atoms with Crippen LogP contribution in [0, 0.1) is 11.8 Å². The lowest BCUT2D eigenvalue weighted by Crippen LogP contribution is -2.40. The smallest absolute Gasteiger partial charge is 0.337 e. The Morgan fingerprint density at radius 2 is 2.00 bits per heavy atom. The Hall–Kier alpha value is -2.24. The zero-order valence-electron chi connectivity index (χ0n) is 18.0. The third kappa shape index (κ3) is 4.99. The highest BCUT2D eigenvalue weighted by atomic mass is 35.5. The normalized spacial score (nSPS) is 21.1. The van der Waals surface area contributed by atoms with E-state index in [9.17, 15) is 9.90 Å². The van der Waals surface area contributed by atoms with E-state index in [-0.39, 0.29) is 12.6 Å². The molecular weight excluding hydrogens is 414 g/mol. The summed E-state index contributed by atoms with van der Waals surface area (Å²) in [5, 5.41) is 10.4. The van der Waals surface area contributed by atoms with Crippen LogP contribution in [-0.2, 0) is 17.8 Å². The number of aliphatic hydroxyl groups is 1. The van der Waals surface area contributed by atoms with Gasteiger partial charge in [0, 0.05) is 24.7 Å². The van der Waals surface area contributed by atoms with Crippen molar-refractivity contribution in [3.63, 3.8) is 0 Å². The monoisotopic (exact) mass is 443 g/mol. The van der Waals surface area contributed by atoms with Crippen LogP contribution in [0.25, 0.3) is 0 Å². The molecule has 0 unspecified atom stereocenters. The molecule has 2 aromatic rings. The summed E-state index contributed by atoms with van der Waals surface area (Å²) in [4.78, 5) is 14.5. The molecular formula is C25H30ClNO4. The van der Waals surface area contributed by atoms with Crippen molar-refractivity contribution in [2.24, 2.45) is 11.8 Å². The van der Waals surface area contributed by atoms with Gasteiger partial charge >= 0.3 is 5.97 Å². The largest absolute Gasteiger partial charge is 0.487 e. The minimum absolute atomic E-state index is 0.236. The van der Waals surface area contributed by atoms with Crippen molar-refractivity contribution < 1.29 is 19.4 Å². The first-order valence-corrected chi connectivity index (χ1v) is 11.4. The van der Waals surface area contributed by atoms with Crippen LogP contribution in [0.1, 0.15) is 47.2 Å². The van der Waals surface area contributed by atoms with Crippen molar-refractivity contribution in [3.8, 4) is 5.75 Å². The van der Waals surface area contributed by atoms with Crippen molar-refractivity contribution in [3.05, 3.63) is 58.1 Å². The number of benzene rings is 2. The zero-order valence-corrected chi connectivity index (χ0v) is 18.7. The van der Waals surface area contributed by atoms with Gasteiger partial charge in [0.25, 0.3) is 0 Å². The van der Waals surface area contributed by atoms with Gasteiger partial charge in [0.05, 0.1) is 18.4 Å². The van der Waals surface area contributed by atoms with Crippen LogP contribution in [0.5, 0.6) is 5.75 Å². The van der Waals surface area contributed by atoms with Gasteiger partial charge in [-0.05, 0) is 85.4 Å². The predicted molar refractivity (Wildman–Crippen MR) is 122 cm³/mol. The summed E-state index contributed by atoms with van der Waals surface area (Å²) in [5.41, 5.74) is 3.81. The molecule has 0 spiro atoms. The molecule has 5 nitrogen and oxygen atoms in total. The molecule has 6 heteroatoms. The second-order valence-corrected chi connectivity index (χ2v) is 9.00. The average Bonchev–Trinajstić information content (AvgIpc) is 2.79. The van der Waals surface area contributed by atoms with Crippen LogP contribution < -0.4 is 9.64 Å². The number of fused-ring (bicyclic) bond motifs is 2. The van der Waals surface area contributed by atoms with E-state index in [2.05, 4.69) is 4.90 Å². The van der Waals surface area contributed by atoms with Crippen LogP contribution in [0.15, 0.2) is 36.4 Å². The number of aliphatic hydroxyl groups excluding tert-OH is 1. The molecule has 0 radical (unpaired) electrons. The Morgan fingerprint density at radius 3 is 2.74 bits per heavy atom. The van der Waals surface area contributed by atoms with E-state index in [1.54, 1.807) is 6.07 Å². The molecule has 1 saturated carbocycles. The number of rotatable bonds is 4. The molecule has 166 valence electrons. The van der Waals surface area contributed by atoms with E-state index in [1.807, 2.05) is 30.3 Å². The fraction of sp³-hybridized carbons (Fsp3) is 0.480. The number of hydrogen-bond acceptors (Lipinski definition) is 5. The quantitative estimate of drug-likeness (QED) is 0.683. The Bertz CT molecular complexity index is 930. The van der Waals surface area contributed by atoms with Crippen LogP contribution in [0.3, 0.4) is 0 Å². The first-order valence-electron chi connectivity index (χ1n) is 11.1. The topological polar surface area (TPSA) is 59.0 Å². The second-order valence-electron chi connectivity index (χ2n) is 8.56. The fourth-order valence-corrected chi connectivity index (χ4v) is 4.78. The number of ether oxygens (including phenoxy) is 2. The molecule has 0 aromatic heterocycles. The van der Waals surface area contributed by atoms with E-state index in [0.717, 1.165) is 67.2 Å². The number of aryl methyl sites for hydroxylation is 1. The molecule has 4 rings (SSSR count). The minimum Gasteiger partial charge on any atom is -0.487 e. The first-order chi connectivity index (χ1) is 15.1. The van der Waals surface area contributed by atoms with Gasteiger partial charge in [-0.25, -0.2) is 4.79 Å². The molecule has 2 aromatic carbocycles. The van der Waals surface area contributed by atoms with E-state index in [1.165, 1.54) is 12.7 Å². The van der Waals surface area contributed by atoms with Gasteiger partial charge in [0.1, 0.15) is 12.4 Å². The van der Waals surface area contributed by atoms with Crippen molar-refractivity contribution in [1.29, 1.82) is 0 Å². The standard InChI is InChI=1S/C25H30ClNO4/c1-30-25(29)18-8-10-24-23(13-18)27(14-19-5-6-20(19)15-28)11-3-2-4-17-12-22(26)9-7-21(17)16-31-24/h7-10,12-13,19-20,28H,2-6,11,14-16H2,1H3/t19-,20-/m0/s1. The van der Waals surface area contributed by atoms with Gasteiger partial charge in [-0.3, -0.25) is 0 Å². The maximum Gasteiger partial charge on any atom is 0.337 e. The number of carbonyl (C=O) groups excluding carboxylic acids is 1. The highest BCUT2D eigenvalue weighted by molar-refractivity contribution is 6.30. The van der Waals surface area contributed by atoms with E-state index in [4.69, 9.17) is 21.1 Å². The predicted octanol–water partition coefficient (Wildman–Crippen LogP) is 4.87. The third-order valence-electron chi connectivity index (χ3n) is 6.66. The molecule has 1 aliphatic carbocycles. The summed E-state index contributed by atoms with van der Waals surface area (Å²) < 4.78 is 11.2. The lowest BCUT2D eigenvalue weighted by Gasteiger charge is -2.40. The third-order valence-corrected chi connectivity index (χ3v) is 6.90. The number of halogens is 1. The first kappa shape index (κ1) is 22.0. The summed E-state index contributed by atoms with van der Waals surface area (Å²) in [6.07, 6.45) is 5.23. The molecule has 1 heterocycles. The Morgan fingerprint density at radius 1 is 1.16 bits per heavy atom. The van der Waals surface area contributed by atoms with Gasteiger partial charge in [-0.1, -0.05) is 17.7 Å². The zero-order chi connectivity index (χ0) is 21.8. The summed E-state index contributed by atoms with van der Waals surface area (Å²) in [5.74, 6) is 1.22. The molecule has 1 N–H and O–H groups in total. The molecule has 0 amide bonds. The Kier molecular flexibility index (Phi) is 7.03. The molecule has 2 aliphatic rings. The van der Waals surface area contributed by atoms with E-state index < -0.39 is 0 Å². The number of carbonyl (C=O) groups is 1. The Balaban J connectivity index is 1.67. The highest BCUT2D eigenvalue weighted by Gasteiger charge is 2.32. The summed E-state index contributed by atoms with van der Waals surface area (Å²) in [6.45, 7) is 2.41. The van der Waals surface area contributed by atoms with Crippen LogP contribution in [0.2, 0.25) is 5.02 Å². The summed E-state index contributed by atoms with van der Waals surface area (Å²) in [7, 11) is 1.40. The van der Waals surface area contributed by atoms with Crippen LogP contribution in [-0.4, -0.2) is 37.9 Å². The second kappa shape index (κ2) is 9.92. The van der Waals surface area contributed by atoms with Gasteiger partial charge in [-0.15, -0.1) is 0 Å². The van der Waals surface area contributed by atoms with Gasteiger partial charge in [0.2, 0.25) is 0 Å². The SMILES string of the molecule is COC(=O)c1ccc2c(c1)N(C[C@@H]1CC[C@H]1CO)CCCCc1cc(Cl)ccc1CO2. The van der Waals surface area contributed by atoms with Crippen molar-refractivity contribution >= 4 is 23.3 Å². The molecule has 0 bridgehead atoms. The van der Waals surface area contributed by atoms with Crippen molar-refractivity contribution in [1.82, 2.24) is 0 Å². The number of esters is 1. The summed E-state index contributed by atoms with van der Waals surface area (Å²) in [6, 6.07) is 11.5. The molecule has 31 heavy (non-hydrogen) atoms. The van der Waals surface area contributed by atoms with E-state index in [0.29, 0.717) is 24.0 Å². The molecule has 1 fully saturated rings. The van der Waals surface area contributed by atoms with Crippen molar-refractivity contribution in [2.75, 3.05) is 31.7 Å². The van der Waals surface area contributed by atoms with Gasteiger partial charge in [0.15, 0.2) is 0 Å².